The van der Waals surface area contributed by atoms with Crippen molar-refractivity contribution in [2.24, 2.45) is 13.0 Å². The summed E-state index contributed by atoms with van der Waals surface area (Å²) >= 11 is 6.63. The van der Waals surface area contributed by atoms with E-state index in [0.717, 1.165) is 59.4 Å². The quantitative estimate of drug-likeness (QED) is 0.457. The summed E-state index contributed by atoms with van der Waals surface area (Å²) < 4.78 is 1.77. The molecule has 3 aromatic rings. The molecule has 0 spiro atoms. The number of benzene rings is 2. The third kappa shape index (κ3) is 5.79. The zero-order valence-electron chi connectivity index (χ0n) is 22.8. The van der Waals surface area contributed by atoms with Crippen molar-refractivity contribution in [1.82, 2.24) is 25.1 Å². The summed E-state index contributed by atoms with van der Waals surface area (Å²) in [4.78, 5) is 35.9. The second-order valence-corrected chi connectivity index (χ2v) is 11.3. The number of hydroxylamine groups is 2. The van der Waals surface area contributed by atoms with Gasteiger partial charge in [0.05, 0.1) is 34.7 Å². The van der Waals surface area contributed by atoms with Crippen molar-refractivity contribution in [3.05, 3.63) is 69.9 Å². The first kappa shape index (κ1) is 26.6. The molecule has 1 saturated carbocycles. The van der Waals surface area contributed by atoms with E-state index in [0.29, 0.717) is 30.2 Å². The summed E-state index contributed by atoms with van der Waals surface area (Å²) in [6, 6.07) is 11.2. The van der Waals surface area contributed by atoms with E-state index < -0.39 is 6.09 Å². The van der Waals surface area contributed by atoms with Gasteiger partial charge in [0.1, 0.15) is 5.82 Å². The molecule has 40 heavy (non-hydrogen) atoms. The number of carbonyl (C=O) groups is 2. The lowest BCUT2D eigenvalue weighted by atomic mass is 10.1. The molecule has 2 fully saturated rings. The molecule has 2 aliphatic heterocycles. The minimum Gasteiger partial charge on any atom is -0.351 e. The molecular formula is C29H34ClN7O3. The molecule has 0 radical (unpaired) electrons. The van der Waals surface area contributed by atoms with Gasteiger partial charge in [-0.2, -0.15) is 5.10 Å². The average molecular weight is 564 g/mol. The Morgan fingerprint density at radius 2 is 1.93 bits per heavy atom. The Morgan fingerprint density at radius 3 is 2.67 bits per heavy atom. The normalized spacial score (nSPS) is 17.4. The van der Waals surface area contributed by atoms with Crippen LogP contribution in [0.1, 0.15) is 39.9 Å². The summed E-state index contributed by atoms with van der Waals surface area (Å²) in [5, 5.41) is 12.6. The number of nitrogens with one attached hydrogen (secondary N) is 2. The van der Waals surface area contributed by atoms with Gasteiger partial charge in [-0.15, -0.1) is 5.06 Å². The lowest BCUT2D eigenvalue weighted by Gasteiger charge is -2.33. The van der Waals surface area contributed by atoms with Crippen LogP contribution in [-0.2, 0) is 25.0 Å². The fraction of sp³-hybridized carbons (Fsp3) is 0.414. The number of carbonyl (C=O) groups excluding carboxylic acids is 2. The Balaban J connectivity index is 1.09. The van der Waals surface area contributed by atoms with Crippen LogP contribution < -0.4 is 15.5 Å². The Bertz CT molecular complexity index is 1430. The van der Waals surface area contributed by atoms with E-state index in [9.17, 15) is 9.59 Å². The third-order valence-electron chi connectivity index (χ3n) is 7.74. The molecule has 1 aromatic heterocycles. The van der Waals surface area contributed by atoms with Crippen LogP contribution in [0.15, 0.2) is 42.6 Å². The molecule has 210 valence electrons. The summed E-state index contributed by atoms with van der Waals surface area (Å²) in [6.45, 7) is 7.00. The molecule has 10 nitrogen and oxygen atoms in total. The predicted molar refractivity (Wildman–Crippen MR) is 154 cm³/mol. The Hall–Kier alpha value is -3.60. The Morgan fingerprint density at radius 1 is 1.12 bits per heavy atom. The highest BCUT2D eigenvalue weighted by atomic mass is 35.5. The molecule has 0 atom stereocenters. The van der Waals surface area contributed by atoms with Gasteiger partial charge >= 0.3 is 6.09 Å². The van der Waals surface area contributed by atoms with Gasteiger partial charge in [0, 0.05) is 51.9 Å². The van der Waals surface area contributed by atoms with Crippen molar-refractivity contribution in [2.45, 2.75) is 32.9 Å². The van der Waals surface area contributed by atoms with Crippen molar-refractivity contribution in [3.8, 4) is 0 Å². The number of hydrogen-bond donors (Lipinski definition) is 2. The van der Waals surface area contributed by atoms with E-state index in [1.165, 1.54) is 12.8 Å². The van der Waals surface area contributed by atoms with Gasteiger partial charge in [-0.25, -0.2) is 4.79 Å². The van der Waals surface area contributed by atoms with E-state index in [4.69, 9.17) is 16.4 Å². The summed E-state index contributed by atoms with van der Waals surface area (Å²) in [5.74, 6) is 1.50. The number of aromatic nitrogens is 2. The van der Waals surface area contributed by atoms with Crippen molar-refractivity contribution in [3.63, 3.8) is 0 Å². The first-order chi connectivity index (χ1) is 19.3. The lowest BCUT2D eigenvalue weighted by Crippen LogP contribution is -2.48. The first-order valence-corrected chi connectivity index (χ1v) is 14.1. The Labute approximate surface area is 238 Å². The largest absolute Gasteiger partial charge is 0.426 e. The fourth-order valence-electron chi connectivity index (χ4n) is 5.29. The number of piperazine rings is 1. The molecule has 0 unspecified atom stereocenters. The van der Waals surface area contributed by atoms with Crippen LogP contribution >= 0.6 is 11.6 Å². The van der Waals surface area contributed by atoms with E-state index in [-0.39, 0.29) is 12.5 Å². The highest BCUT2D eigenvalue weighted by molar-refractivity contribution is 6.34. The van der Waals surface area contributed by atoms with Gasteiger partial charge in [0.2, 0.25) is 0 Å². The minimum absolute atomic E-state index is 0.214. The number of fused-ring (bicyclic) bond motifs is 2. The second-order valence-electron chi connectivity index (χ2n) is 10.9. The number of hydrogen-bond acceptors (Lipinski definition) is 7. The van der Waals surface area contributed by atoms with Gasteiger partial charge in [0.15, 0.2) is 0 Å². The average Bonchev–Trinajstić information content (AvgIpc) is 3.72. The lowest BCUT2D eigenvalue weighted by molar-refractivity contribution is -0.123. The number of rotatable bonds is 6. The van der Waals surface area contributed by atoms with Crippen molar-refractivity contribution < 1.29 is 14.4 Å². The Kier molecular flexibility index (Phi) is 7.39. The van der Waals surface area contributed by atoms with Gasteiger partial charge in [-0.3, -0.25) is 9.48 Å². The van der Waals surface area contributed by atoms with E-state index in [2.05, 4.69) is 20.6 Å². The second kappa shape index (κ2) is 11.1. The molecule has 1 saturated heterocycles. The monoisotopic (exact) mass is 563 g/mol. The molecule has 2 aromatic carbocycles. The SMILES string of the molecule is Cc1ccc2c(c1)Nc1c(cnn1C)CN2C(=O)c1ccc(CNC(=O)ON2CCN(CC3CC3)CC2)cc1Cl. The van der Waals surface area contributed by atoms with Crippen LogP contribution in [0.5, 0.6) is 0 Å². The minimum atomic E-state index is -0.497. The van der Waals surface area contributed by atoms with Crippen LogP contribution in [0.3, 0.4) is 0 Å². The molecule has 3 aliphatic rings. The molecule has 1 aliphatic carbocycles. The van der Waals surface area contributed by atoms with Gasteiger partial charge in [-0.1, -0.05) is 23.7 Å². The molecular weight excluding hydrogens is 530 g/mol. The summed E-state index contributed by atoms with van der Waals surface area (Å²) in [7, 11) is 1.87. The van der Waals surface area contributed by atoms with Gasteiger partial charge in [0.25, 0.3) is 5.91 Å². The molecule has 2 N–H and O–H groups in total. The molecule has 3 heterocycles. The van der Waals surface area contributed by atoms with Gasteiger partial charge < -0.3 is 25.3 Å². The first-order valence-electron chi connectivity index (χ1n) is 13.8. The van der Waals surface area contributed by atoms with Crippen LogP contribution in [0.25, 0.3) is 0 Å². The number of halogens is 1. The number of aryl methyl sites for hydroxylation is 2. The maximum atomic E-state index is 13.8. The van der Waals surface area contributed by atoms with Crippen LogP contribution in [0.4, 0.5) is 22.0 Å². The van der Waals surface area contributed by atoms with E-state index >= 15 is 0 Å². The van der Waals surface area contributed by atoms with Gasteiger partial charge in [-0.05, 0) is 61.1 Å². The number of amides is 2. The number of anilines is 3. The highest BCUT2D eigenvalue weighted by Gasteiger charge is 2.29. The van der Waals surface area contributed by atoms with E-state index in [1.807, 2.05) is 32.2 Å². The van der Waals surface area contributed by atoms with Crippen LogP contribution in [0.2, 0.25) is 5.02 Å². The summed E-state index contributed by atoms with van der Waals surface area (Å²) in [6.07, 6.45) is 3.95. The van der Waals surface area contributed by atoms with Crippen molar-refractivity contribution >= 4 is 40.8 Å². The maximum absolute atomic E-state index is 13.8. The molecule has 0 bridgehead atoms. The van der Waals surface area contributed by atoms with Crippen molar-refractivity contribution in [2.75, 3.05) is 42.9 Å². The van der Waals surface area contributed by atoms with E-state index in [1.54, 1.807) is 39.0 Å². The maximum Gasteiger partial charge on any atom is 0.426 e. The van der Waals surface area contributed by atoms with Crippen LogP contribution in [-0.4, -0.2) is 64.5 Å². The zero-order chi connectivity index (χ0) is 27.8. The standard InChI is InChI=1S/C29H34ClN7O3/c1-19-3-8-26-25(13-19)33-27-22(16-32-34(27)2)18-37(26)28(38)23-7-6-21(14-24(23)30)15-31-29(39)40-36-11-9-35(10-12-36)17-20-4-5-20/h3,6-8,13-14,16,20,33H,4-5,9-12,15,17-18H2,1-2H3,(H,31,39). The number of nitrogens with zero attached hydrogens (tertiary/aromatic N) is 5. The smallest absolute Gasteiger partial charge is 0.351 e. The predicted octanol–water partition coefficient (Wildman–Crippen LogP) is 4.45. The summed E-state index contributed by atoms with van der Waals surface area (Å²) in [5.41, 5.74) is 4.74. The fourth-order valence-corrected chi connectivity index (χ4v) is 5.57. The third-order valence-corrected chi connectivity index (χ3v) is 8.05. The van der Waals surface area contributed by atoms with Crippen LogP contribution in [0, 0.1) is 12.8 Å². The zero-order valence-corrected chi connectivity index (χ0v) is 23.6. The molecule has 6 rings (SSSR count). The topological polar surface area (TPSA) is 95.0 Å². The van der Waals surface area contributed by atoms with Crippen molar-refractivity contribution in [1.29, 1.82) is 0 Å². The molecule has 2 amide bonds. The highest BCUT2D eigenvalue weighted by Crippen LogP contribution is 2.37. The molecule has 11 heteroatoms.